The smallest absolute Gasteiger partial charge is 0.105 e. The summed E-state index contributed by atoms with van der Waals surface area (Å²) in [6.45, 7) is 3.14. The molecule has 0 amide bonds. The molecule has 3 nitrogen and oxygen atoms in total. The van der Waals surface area contributed by atoms with Crippen LogP contribution in [0, 0.1) is 5.92 Å². The Morgan fingerprint density at radius 3 is 2.74 bits per heavy atom. The van der Waals surface area contributed by atoms with Gasteiger partial charge in [-0.1, -0.05) is 36.8 Å². The van der Waals surface area contributed by atoms with Gasteiger partial charge in [0.25, 0.3) is 0 Å². The van der Waals surface area contributed by atoms with Crippen LogP contribution in [-0.2, 0) is 0 Å². The van der Waals surface area contributed by atoms with Gasteiger partial charge in [0.15, 0.2) is 0 Å². The maximum atomic E-state index is 10.7. The van der Waals surface area contributed by atoms with E-state index in [1.807, 2.05) is 30.3 Å². The molecule has 3 rings (SSSR count). The van der Waals surface area contributed by atoms with Gasteiger partial charge >= 0.3 is 0 Å². The molecular formula is C16H22N2O. The fourth-order valence-electron chi connectivity index (χ4n) is 3.23. The van der Waals surface area contributed by atoms with Gasteiger partial charge in [-0.05, 0) is 24.8 Å². The van der Waals surface area contributed by atoms with Crippen LogP contribution in [0.3, 0.4) is 0 Å². The Hall–Kier alpha value is -1.35. The first-order chi connectivity index (χ1) is 9.36. The molecule has 3 heteroatoms. The van der Waals surface area contributed by atoms with Crippen molar-refractivity contribution in [2.45, 2.75) is 31.8 Å². The van der Waals surface area contributed by atoms with Crippen LogP contribution < -0.4 is 0 Å². The summed E-state index contributed by atoms with van der Waals surface area (Å²) in [5.74, 6) is 1.32. The van der Waals surface area contributed by atoms with Gasteiger partial charge in [0.2, 0.25) is 0 Å². The lowest BCUT2D eigenvalue weighted by Crippen LogP contribution is -2.41. The van der Waals surface area contributed by atoms with E-state index in [1.165, 1.54) is 12.8 Å². The van der Waals surface area contributed by atoms with Crippen molar-refractivity contribution in [3.8, 4) is 0 Å². The minimum absolute atomic E-state index is 0.171. The summed E-state index contributed by atoms with van der Waals surface area (Å²) in [7, 11) is 0. The molecule has 2 unspecified atom stereocenters. The minimum atomic E-state index is -0.418. The Kier molecular flexibility index (Phi) is 3.83. The summed E-state index contributed by atoms with van der Waals surface area (Å²) in [4.78, 5) is 7.12. The van der Waals surface area contributed by atoms with E-state index in [1.54, 1.807) is 0 Å². The van der Waals surface area contributed by atoms with Crippen LogP contribution in [0.2, 0.25) is 0 Å². The van der Waals surface area contributed by atoms with Gasteiger partial charge in [0.05, 0.1) is 6.10 Å². The molecule has 0 spiro atoms. The van der Waals surface area contributed by atoms with E-state index in [2.05, 4.69) is 4.90 Å². The third-order valence-corrected chi connectivity index (χ3v) is 4.23. The van der Waals surface area contributed by atoms with Gasteiger partial charge in [-0.3, -0.25) is 4.99 Å². The maximum Gasteiger partial charge on any atom is 0.105 e. The fourth-order valence-corrected chi connectivity index (χ4v) is 3.23. The van der Waals surface area contributed by atoms with E-state index in [0.717, 1.165) is 43.9 Å². The Balaban J connectivity index is 1.86. The monoisotopic (exact) mass is 258 g/mol. The first-order valence-corrected chi connectivity index (χ1v) is 7.38. The average Bonchev–Trinajstić information content (AvgIpc) is 2.70. The van der Waals surface area contributed by atoms with Crippen molar-refractivity contribution in [3.63, 3.8) is 0 Å². The first kappa shape index (κ1) is 12.7. The third kappa shape index (κ3) is 2.66. The molecule has 1 saturated heterocycles. The Morgan fingerprint density at radius 1 is 1.11 bits per heavy atom. The Bertz CT molecular complexity index is 443. The van der Waals surface area contributed by atoms with E-state index in [-0.39, 0.29) is 5.92 Å². The number of fused-ring (bicyclic) bond motifs is 1. The molecule has 2 aliphatic rings. The topological polar surface area (TPSA) is 35.8 Å². The second-order valence-corrected chi connectivity index (χ2v) is 5.54. The Labute approximate surface area is 115 Å². The molecule has 2 aliphatic heterocycles. The summed E-state index contributed by atoms with van der Waals surface area (Å²) in [6, 6.07) is 10.0. The third-order valence-electron chi connectivity index (χ3n) is 4.23. The lowest BCUT2D eigenvalue weighted by Gasteiger charge is -2.33. The number of rotatable bonds is 2. The van der Waals surface area contributed by atoms with Gasteiger partial charge in [0.1, 0.15) is 5.84 Å². The second kappa shape index (κ2) is 5.74. The van der Waals surface area contributed by atoms with Gasteiger partial charge in [-0.15, -0.1) is 0 Å². The summed E-state index contributed by atoms with van der Waals surface area (Å²) in [5.41, 5.74) is 1.02. The highest BCUT2D eigenvalue weighted by atomic mass is 16.3. The van der Waals surface area contributed by atoms with Crippen molar-refractivity contribution in [2.75, 3.05) is 19.6 Å². The lowest BCUT2D eigenvalue weighted by atomic mass is 9.90. The number of aliphatic imine (C=N–C) groups is 1. The van der Waals surface area contributed by atoms with Gasteiger partial charge < -0.3 is 10.0 Å². The van der Waals surface area contributed by atoms with Crippen molar-refractivity contribution in [3.05, 3.63) is 35.9 Å². The standard InChI is InChI=1S/C16H22N2O/c19-15(13-7-2-1-3-8-13)14-9-4-5-11-18-12-6-10-17-16(14)18/h1-3,7-8,14-15,19H,4-6,9-12H2. The largest absolute Gasteiger partial charge is 0.388 e. The van der Waals surface area contributed by atoms with Gasteiger partial charge in [-0.25, -0.2) is 0 Å². The maximum absolute atomic E-state index is 10.7. The molecule has 1 N–H and O–H groups in total. The lowest BCUT2D eigenvalue weighted by molar-refractivity contribution is 0.130. The summed E-state index contributed by atoms with van der Waals surface area (Å²) < 4.78 is 0. The number of benzene rings is 1. The molecular weight excluding hydrogens is 236 g/mol. The highest BCUT2D eigenvalue weighted by Gasteiger charge is 2.32. The van der Waals surface area contributed by atoms with Crippen molar-refractivity contribution in [2.24, 2.45) is 10.9 Å². The zero-order valence-corrected chi connectivity index (χ0v) is 11.3. The second-order valence-electron chi connectivity index (χ2n) is 5.54. The molecule has 1 aromatic rings. The zero-order chi connectivity index (χ0) is 13.1. The van der Waals surface area contributed by atoms with E-state index >= 15 is 0 Å². The van der Waals surface area contributed by atoms with Crippen molar-refractivity contribution >= 4 is 5.84 Å². The molecule has 0 aliphatic carbocycles. The number of amidine groups is 1. The number of hydrogen-bond donors (Lipinski definition) is 1. The van der Waals surface area contributed by atoms with Crippen LogP contribution in [0.1, 0.15) is 37.4 Å². The molecule has 102 valence electrons. The number of aliphatic hydroxyl groups is 1. The fraction of sp³-hybridized carbons (Fsp3) is 0.562. The molecule has 0 aromatic heterocycles. The number of hydrogen-bond acceptors (Lipinski definition) is 3. The van der Waals surface area contributed by atoms with Crippen LogP contribution >= 0.6 is 0 Å². The molecule has 1 fully saturated rings. The predicted molar refractivity (Wildman–Crippen MR) is 77.2 cm³/mol. The van der Waals surface area contributed by atoms with Crippen molar-refractivity contribution in [1.82, 2.24) is 4.90 Å². The number of nitrogens with zero attached hydrogens (tertiary/aromatic N) is 2. The van der Waals surface area contributed by atoms with Crippen LogP contribution in [0.25, 0.3) is 0 Å². The molecule has 2 atom stereocenters. The van der Waals surface area contributed by atoms with Crippen LogP contribution in [0.5, 0.6) is 0 Å². The number of aliphatic hydroxyl groups excluding tert-OH is 1. The summed E-state index contributed by atoms with van der Waals surface area (Å²) in [5, 5.41) is 10.7. The first-order valence-electron chi connectivity index (χ1n) is 7.38. The summed E-state index contributed by atoms with van der Waals surface area (Å²) >= 11 is 0. The van der Waals surface area contributed by atoms with Crippen LogP contribution in [0.15, 0.2) is 35.3 Å². The molecule has 0 radical (unpaired) electrons. The minimum Gasteiger partial charge on any atom is -0.388 e. The van der Waals surface area contributed by atoms with E-state index < -0.39 is 6.10 Å². The zero-order valence-electron chi connectivity index (χ0n) is 11.3. The highest BCUT2D eigenvalue weighted by molar-refractivity contribution is 5.86. The average molecular weight is 258 g/mol. The molecule has 1 aromatic carbocycles. The van der Waals surface area contributed by atoms with E-state index in [4.69, 9.17) is 4.99 Å². The normalized spacial score (nSPS) is 25.2. The van der Waals surface area contributed by atoms with E-state index in [0.29, 0.717) is 0 Å². The highest BCUT2D eigenvalue weighted by Crippen LogP contribution is 2.32. The van der Waals surface area contributed by atoms with Crippen LogP contribution in [-0.4, -0.2) is 35.5 Å². The van der Waals surface area contributed by atoms with Crippen molar-refractivity contribution in [1.29, 1.82) is 0 Å². The van der Waals surface area contributed by atoms with E-state index in [9.17, 15) is 5.11 Å². The predicted octanol–water partition coefficient (Wildman–Crippen LogP) is 2.62. The Morgan fingerprint density at radius 2 is 1.89 bits per heavy atom. The molecule has 0 saturated carbocycles. The summed E-state index contributed by atoms with van der Waals surface area (Å²) in [6.07, 6.45) is 4.18. The SMILES string of the molecule is OC(c1ccccc1)C1CCCCN2CCCN=C12. The van der Waals surface area contributed by atoms with Gasteiger partial charge in [0, 0.05) is 25.6 Å². The van der Waals surface area contributed by atoms with Crippen LogP contribution in [0.4, 0.5) is 0 Å². The van der Waals surface area contributed by atoms with Gasteiger partial charge in [-0.2, -0.15) is 0 Å². The molecule has 2 heterocycles. The molecule has 19 heavy (non-hydrogen) atoms. The van der Waals surface area contributed by atoms with Crippen molar-refractivity contribution < 1.29 is 5.11 Å². The molecule has 0 bridgehead atoms. The quantitative estimate of drug-likeness (QED) is 0.885.